The Balaban J connectivity index is 2.76. The lowest BCUT2D eigenvalue weighted by Gasteiger charge is -2.11. The van der Waals surface area contributed by atoms with E-state index in [-0.39, 0.29) is 6.54 Å². The first-order valence-corrected chi connectivity index (χ1v) is 4.45. The summed E-state index contributed by atoms with van der Waals surface area (Å²) < 4.78 is 0. The average molecular weight is 201 g/mol. The van der Waals surface area contributed by atoms with Gasteiger partial charge in [-0.3, -0.25) is 0 Å². The highest BCUT2D eigenvalue weighted by atomic mass is 16.3. The Morgan fingerprint density at radius 1 is 1.47 bits per heavy atom. The summed E-state index contributed by atoms with van der Waals surface area (Å²) in [6, 6.07) is 9.31. The fraction of sp³-hybridized carbons (Fsp3) is 0.273. The van der Waals surface area contributed by atoms with Crippen LogP contribution in [0.2, 0.25) is 0 Å². The van der Waals surface area contributed by atoms with Crippen LogP contribution in [0.25, 0.3) is 10.4 Å². The van der Waals surface area contributed by atoms with Gasteiger partial charge in [0.1, 0.15) is 5.60 Å². The minimum atomic E-state index is -1.28. The van der Waals surface area contributed by atoms with E-state index in [0.717, 1.165) is 5.56 Å². The standard InChI is InChI=1S/C11H11N3O/c1-11(15,9-13-14-12)8-7-10-5-3-2-4-6-10/h2-6,15H,9H2,1H3. The summed E-state index contributed by atoms with van der Waals surface area (Å²) in [7, 11) is 0. The average Bonchev–Trinajstić information content (AvgIpc) is 2.25. The second-order valence-corrected chi connectivity index (χ2v) is 3.28. The summed E-state index contributed by atoms with van der Waals surface area (Å²) in [5.41, 5.74) is 7.66. The predicted molar refractivity (Wildman–Crippen MR) is 58.0 cm³/mol. The minimum Gasteiger partial charge on any atom is -0.378 e. The first kappa shape index (κ1) is 11.1. The molecule has 1 N–H and O–H groups in total. The van der Waals surface area contributed by atoms with E-state index in [0.29, 0.717) is 0 Å². The van der Waals surface area contributed by atoms with Crippen LogP contribution in [0.3, 0.4) is 0 Å². The summed E-state index contributed by atoms with van der Waals surface area (Å²) in [5.74, 6) is 5.46. The molecule has 1 rings (SSSR count). The molecule has 0 aromatic heterocycles. The van der Waals surface area contributed by atoms with Gasteiger partial charge in [0.15, 0.2) is 0 Å². The Hall–Kier alpha value is -1.95. The zero-order valence-electron chi connectivity index (χ0n) is 8.38. The van der Waals surface area contributed by atoms with Crippen molar-refractivity contribution < 1.29 is 5.11 Å². The topological polar surface area (TPSA) is 69.0 Å². The lowest BCUT2D eigenvalue weighted by Crippen LogP contribution is -2.25. The van der Waals surface area contributed by atoms with Gasteiger partial charge in [-0.25, -0.2) is 0 Å². The van der Waals surface area contributed by atoms with E-state index in [9.17, 15) is 5.11 Å². The van der Waals surface area contributed by atoms with E-state index in [1.165, 1.54) is 6.92 Å². The van der Waals surface area contributed by atoms with Crippen LogP contribution in [-0.2, 0) is 0 Å². The third-order valence-corrected chi connectivity index (χ3v) is 1.69. The maximum Gasteiger partial charge on any atom is 0.128 e. The van der Waals surface area contributed by atoms with Gasteiger partial charge in [0.05, 0.1) is 6.54 Å². The van der Waals surface area contributed by atoms with Gasteiger partial charge < -0.3 is 5.11 Å². The van der Waals surface area contributed by atoms with Crippen molar-refractivity contribution in [3.63, 3.8) is 0 Å². The van der Waals surface area contributed by atoms with Crippen LogP contribution in [0, 0.1) is 11.8 Å². The molecule has 0 bridgehead atoms. The maximum absolute atomic E-state index is 9.67. The number of benzene rings is 1. The zero-order valence-corrected chi connectivity index (χ0v) is 8.38. The van der Waals surface area contributed by atoms with Gasteiger partial charge in [-0.1, -0.05) is 35.2 Å². The van der Waals surface area contributed by atoms with E-state index in [1.807, 2.05) is 30.3 Å². The Morgan fingerprint density at radius 3 is 2.73 bits per heavy atom. The van der Waals surface area contributed by atoms with Crippen molar-refractivity contribution in [1.82, 2.24) is 0 Å². The normalized spacial score (nSPS) is 12.9. The Bertz CT molecular complexity index is 422. The summed E-state index contributed by atoms with van der Waals surface area (Å²) in [6.07, 6.45) is 0. The van der Waals surface area contributed by atoms with E-state index in [1.54, 1.807) is 0 Å². The van der Waals surface area contributed by atoms with Crippen molar-refractivity contribution in [1.29, 1.82) is 0 Å². The van der Waals surface area contributed by atoms with Crippen LogP contribution in [-0.4, -0.2) is 17.3 Å². The Labute approximate surface area is 88.2 Å². The second-order valence-electron chi connectivity index (χ2n) is 3.28. The SMILES string of the molecule is CC(O)(C#Cc1ccccc1)CN=[N+]=[N-]. The number of nitrogens with zero attached hydrogens (tertiary/aromatic N) is 3. The molecular formula is C11H11N3O. The molecule has 0 spiro atoms. The molecule has 0 heterocycles. The molecule has 0 fully saturated rings. The van der Waals surface area contributed by atoms with Crippen LogP contribution in [0.15, 0.2) is 35.4 Å². The molecule has 15 heavy (non-hydrogen) atoms. The molecule has 0 aliphatic heterocycles. The van der Waals surface area contributed by atoms with Crippen molar-refractivity contribution in [2.24, 2.45) is 5.11 Å². The highest BCUT2D eigenvalue weighted by Crippen LogP contribution is 2.03. The largest absolute Gasteiger partial charge is 0.378 e. The third kappa shape index (κ3) is 4.19. The molecular weight excluding hydrogens is 190 g/mol. The first-order chi connectivity index (χ1) is 7.14. The molecule has 0 aliphatic rings. The lowest BCUT2D eigenvalue weighted by atomic mass is 10.1. The lowest BCUT2D eigenvalue weighted by molar-refractivity contribution is 0.131. The van der Waals surface area contributed by atoms with Gasteiger partial charge in [0, 0.05) is 10.5 Å². The van der Waals surface area contributed by atoms with Gasteiger partial charge in [0.2, 0.25) is 0 Å². The smallest absolute Gasteiger partial charge is 0.128 e. The molecule has 4 heteroatoms. The fourth-order valence-corrected chi connectivity index (χ4v) is 0.937. The second kappa shape index (κ2) is 5.06. The van der Waals surface area contributed by atoms with E-state index >= 15 is 0 Å². The molecule has 76 valence electrons. The zero-order chi connectivity index (χ0) is 11.1. The number of rotatable bonds is 2. The van der Waals surface area contributed by atoms with Crippen LogP contribution in [0.4, 0.5) is 0 Å². The van der Waals surface area contributed by atoms with Crippen molar-refractivity contribution >= 4 is 0 Å². The van der Waals surface area contributed by atoms with Crippen LogP contribution < -0.4 is 0 Å². The number of hydrogen-bond donors (Lipinski definition) is 1. The third-order valence-electron chi connectivity index (χ3n) is 1.69. The molecule has 0 amide bonds. The van der Waals surface area contributed by atoms with Gasteiger partial charge in [-0.2, -0.15) is 0 Å². The summed E-state index contributed by atoms with van der Waals surface area (Å²) in [6.45, 7) is 1.46. The number of azide groups is 1. The number of aliphatic hydroxyl groups is 1. The molecule has 1 unspecified atom stereocenters. The molecule has 0 radical (unpaired) electrons. The van der Waals surface area contributed by atoms with Gasteiger partial charge in [-0.15, -0.1) is 0 Å². The monoisotopic (exact) mass is 201 g/mol. The van der Waals surface area contributed by atoms with Crippen LogP contribution in [0.5, 0.6) is 0 Å². The molecule has 1 aromatic rings. The highest BCUT2D eigenvalue weighted by Gasteiger charge is 2.14. The van der Waals surface area contributed by atoms with Crippen molar-refractivity contribution in [2.75, 3.05) is 6.54 Å². The van der Waals surface area contributed by atoms with E-state index in [4.69, 9.17) is 5.53 Å². The maximum atomic E-state index is 9.67. The predicted octanol–water partition coefficient (Wildman–Crippen LogP) is 2.10. The van der Waals surface area contributed by atoms with Crippen molar-refractivity contribution in [3.8, 4) is 11.8 Å². The molecule has 0 saturated heterocycles. The van der Waals surface area contributed by atoms with Gasteiger partial charge in [-0.05, 0) is 24.6 Å². The summed E-state index contributed by atoms with van der Waals surface area (Å²) in [4.78, 5) is 2.57. The van der Waals surface area contributed by atoms with Crippen LogP contribution in [0.1, 0.15) is 12.5 Å². The summed E-state index contributed by atoms with van der Waals surface area (Å²) >= 11 is 0. The molecule has 0 saturated carbocycles. The Kier molecular flexibility index (Phi) is 3.75. The van der Waals surface area contributed by atoms with Crippen molar-refractivity contribution in [3.05, 3.63) is 46.3 Å². The molecule has 0 aliphatic carbocycles. The quantitative estimate of drug-likeness (QED) is 0.338. The van der Waals surface area contributed by atoms with Crippen molar-refractivity contribution in [2.45, 2.75) is 12.5 Å². The van der Waals surface area contributed by atoms with Crippen LogP contribution >= 0.6 is 0 Å². The molecule has 4 nitrogen and oxygen atoms in total. The number of hydrogen-bond acceptors (Lipinski definition) is 2. The molecule has 1 aromatic carbocycles. The van der Waals surface area contributed by atoms with E-state index < -0.39 is 5.60 Å². The minimum absolute atomic E-state index is 0.0522. The first-order valence-electron chi connectivity index (χ1n) is 4.45. The molecule has 1 atom stereocenters. The van der Waals surface area contributed by atoms with E-state index in [2.05, 4.69) is 21.9 Å². The van der Waals surface area contributed by atoms with Gasteiger partial charge >= 0.3 is 0 Å². The van der Waals surface area contributed by atoms with Gasteiger partial charge in [0.25, 0.3) is 0 Å². The Morgan fingerprint density at radius 2 is 2.13 bits per heavy atom. The summed E-state index contributed by atoms with van der Waals surface area (Å²) in [5, 5.41) is 13.0. The fourth-order valence-electron chi connectivity index (χ4n) is 0.937. The highest BCUT2D eigenvalue weighted by molar-refractivity contribution is 5.35.